The van der Waals surface area contributed by atoms with Gasteiger partial charge in [0.2, 0.25) is 5.60 Å². The lowest BCUT2D eigenvalue weighted by atomic mass is 9.43. The van der Waals surface area contributed by atoms with Crippen molar-refractivity contribution in [2.75, 3.05) is 0 Å². The Bertz CT molecular complexity index is 1770. The quantitative estimate of drug-likeness (QED) is 0.246. The van der Waals surface area contributed by atoms with Crippen LogP contribution in [0.2, 0.25) is 0 Å². The van der Waals surface area contributed by atoms with Crippen molar-refractivity contribution >= 4 is 35.4 Å². The lowest BCUT2D eigenvalue weighted by molar-refractivity contribution is -0.199. The van der Waals surface area contributed by atoms with E-state index in [-0.39, 0.29) is 47.2 Å². The van der Waals surface area contributed by atoms with Crippen LogP contribution < -0.4 is 10.6 Å². The van der Waals surface area contributed by atoms with Gasteiger partial charge in [-0.25, -0.2) is 0 Å². The maximum absolute atomic E-state index is 14.6. The second-order valence-electron chi connectivity index (χ2n) is 16.5. The molecule has 49 heavy (non-hydrogen) atoms. The lowest BCUT2D eigenvalue weighted by Gasteiger charge is -2.64. The zero-order valence-corrected chi connectivity index (χ0v) is 29.8. The molecule has 2 amide bonds. The first kappa shape index (κ1) is 33.7. The van der Waals surface area contributed by atoms with Crippen LogP contribution in [0.1, 0.15) is 90.2 Å². The van der Waals surface area contributed by atoms with Crippen molar-refractivity contribution in [2.24, 2.45) is 28.3 Å². The second kappa shape index (κ2) is 12.2. The van der Waals surface area contributed by atoms with Crippen LogP contribution in [0.4, 0.5) is 0 Å². The van der Waals surface area contributed by atoms with Gasteiger partial charge in [0.15, 0.2) is 0 Å². The highest BCUT2D eigenvalue weighted by atomic mass is 16.7. The monoisotopic (exact) mass is 664 g/mol. The number of aromatic nitrogens is 1. The smallest absolute Gasteiger partial charge is 0.404 e. The third-order valence-electron chi connectivity index (χ3n) is 11.9. The molecule has 1 aromatic heterocycles. The molecule has 9 nitrogen and oxygen atoms in total. The molecule has 3 aromatic rings. The Hall–Kier alpha value is -3.76. The van der Waals surface area contributed by atoms with Crippen molar-refractivity contribution in [3.05, 3.63) is 78.1 Å². The van der Waals surface area contributed by atoms with Gasteiger partial charge in [-0.2, -0.15) is 0 Å². The first-order valence-electron chi connectivity index (χ1n) is 17.8. The molecule has 6 atom stereocenters. The molecule has 1 saturated heterocycles. The first-order valence-corrected chi connectivity index (χ1v) is 17.8. The molecule has 258 valence electrons. The fourth-order valence-electron chi connectivity index (χ4n) is 8.87. The third kappa shape index (κ3) is 5.95. The fraction of sp³-hybridized carbons (Fsp3) is 0.538. The molecule has 5 aliphatic rings. The average Bonchev–Trinajstić information content (AvgIpc) is 3.66. The van der Waals surface area contributed by atoms with Crippen molar-refractivity contribution in [3.63, 3.8) is 0 Å². The molecule has 3 aliphatic carbocycles. The lowest BCUT2D eigenvalue weighted by Crippen LogP contribution is -2.65. The Labute approximate surface area is 290 Å². The van der Waals surface area contributed by atoms with Crippen molar-refractivity contribution in [3.8, 4) is 0 Å². The minimum atomic E-state index is -1.33. The maximum Gasteiger partial charge on any atom is 0.481 e. The van der Waals surface area contributed by atoms with Crippen LogP contribution in [-0.2, 0) is 25.4 Å². The first-order chi connectivity index (χ1) is 23.2. The number of pyridine rings is 1. The predicted molar refractivity (Wildman–Crippen MR) is 191 cm³/mol. The molecule has 4 fully saturated rings. The molecule has 0 spiro atoms. The summed E-state index contributed by atoms with van der Waals surface area (Å²) < 4.78 is 13.5. The third-order valence-corrected chi connectivity index (χ3v) is 11.9. The van der Waals surface area contributed by atoms with Gasteiger partial charge in [-0.1, -0.05) is 87.4 Å². The van der Waals surface area contributed by atoms with Crippen LogP contribution in [0, 0.1) is 23.2 Å². The van der Waals surface area contributed by atoms with Crippen molar-refractivity contribution < 1.29 is 23.7 Å². The Morgan fingerprint density at radius 1 is 1.02 bits per heavy atom. The van der Waals surface area contributed by atoms with E-state index >= 15 is 0 Å². The fourth-order valence-corrected chi connectivity index (χ4v) is 8.87. The van der Waals surface area contributed by atoms with Gasteiger partial charge in [-0.15, -0.1) is 0 Å². The summed E-state index contributed by atoms with van der Waals surface area (Å²) in [6.45, 7) is 15.0. The van der Waals surface area contributed by atoms with Crippen LogP contribution >= 0.6 is 0 Å². The number of nitrogens with zero attached hydrogens (tertiary/aromatic N) is 2. The molecule has 2 aromatic carbocycles. The maximum atomic E-state index is 14.6. The number of nitrogens with one attached hydrogen (secondary N) is 2. The number of carbonyl (C=O) groups excluding carboxylic acids is 2. The minimum Gasteiger partial charge on any atom is -0.404 e. The number of carbonyl (C=O) groups is 2. The van der Waals surface area contributed by atoms with E-state index in [1.165, 1.54) is 0 Å². The average molecular weight is 665 g/mol. The standard InChI is InChI=1S/C39H49BN4O5/c1-24(2)19-32(40-47-31-21-27-20-29(36(27,3)4)38(31,7)48-40)42-35(46)39(22-25-13-9-8-10-14-25)23-30(44-49-39)37(5,6)43-34(45)33-28-16-12-11-15-26(28)17-18-41-33/h8-18,24,27,29,31-32H,19-23H2,1-7H3,(H,42,46)(H,43,45)/t27-,29-,31+,32-,38-,39?/m0/s1. The van der Waals surface area contributed by atoms with E-state index in [0.29, 0.717) is 36.1 Å². The molecule has 2 aliphatic heterocycles. The SMILES string of the molecule is CC(C)C[C@H](NC(=O)C1(Cc2ccccc2)CC(C(C)(C)NC(=O)c2nccc3ccccc23)=NO1)B1O[C@@H]2C[C@@H]3C[C@@H](C3(C)C)[C@]2(C)O1. The molecule has 3 heterocycles. The van der Waals surface area contributed by atoms with E-state index in [4.69, 9.17) is 14.1 Å². The van der Waals surface area contributed by atoms with Crippen molar-refractivity contribution in [2.45, 2.75) is 109 Å². The van der Waals surface area contributed by atoms with E-state index < -0.39 is 18.3 Å². The second-order valence-corrected chi connectivity index (χ2v) is 16.5. The number of oxime groups is 1. The number of hydrogen-bond donors (Lipinski definition) is 2. The number of benzene rings is 2. The van der Waals surface area contributed by atoms with Crippen LogP contribution in [0.15, 0.2) is 72.0 Å². The summed E-state index contributed by atoms with van der Waals surface area (Å²) in [5, 5.41) is 12.7. The Morgan fingerprint density at radius 3 is 2.49 bits per heavy atom. The molecule has 3 saturated carbocycles. The molecule has 8 rings (SSSR count). The summed E-state index contributed by atoms with van der Waals surface area (Å²) in [7, 11) is -0.559. The minimum absolute atomic E-state index is 0.0115. The highest BCUT2D eigenvalue weighted by Crippen LogP contribution is 2.65. The van der Waals surface area contributed by atoms with Gasteiger partial charge >= 0.3 is 7.12 Å². The molecule has 2 bridgehead atoms. The van der Waals surface area contributed by atoms with Crippen LogP contribution in [-0.4, -0.2) is 58.4 Å². The van der Waals surface area contributed by atoms with Crippen LogP contribution in [0.25, 0.3) is 10.8 Å². The van der Waals surface area contributed by atoms with Crippen LogP contribution in [0.3, 0.4) is 0 Å². The Balaban J connectivity index is 1.12. The van der Waals surface area contributed by atoms with Gasteiger partial charge in [-0.3, -0.25) is 14.6 Å². The number of hydrogen-bond acceptors (Lipinski definition) is 7. The summed E-state index contributed by atoms with van der Waals surface area (Å²) in [6, 6.07) is 19.4. The molecular formula is C39H49BN4O5. The van der Waals surface area contributed by atoms with Gasteiger partial charge < -0.3 is 24.8 Å². The summed E-state index contributed by atoms with van der Waals surface area (Å²) in [5.41, 5.74) is -0.566. The molecule has 2 N–H and O–H groups in total. The van der Waals surface area contributed by atoms with E-state index in [9.17, 15) is 9.59 Å². The largest absolute Gasteiger partial charge is 0.481 e. The number of amides is 2. The summed E-state index contributed by atoms with van der Waals surface area (Å²) >= 11 is 0. The Morgan fingerprint density at radius 2 is 1.76 bits per heavy atom. The van der Waals surface area contributed by atoms with E-state index in [1.807, 2.05) is 74.5 Å². The zero-order chi connectivity index (χ0) is 34.8. The highest BCUT2D eigenvalue weighted by molar-refractivity contribution is 6.48. The van der Waals surface area contributed by atoms with Crippen LogP contribution in [0.5, 0.6) is 0 Å². The number of fused-ring (bicyclic) bond motifs is 1. The molecule has 0 radical (unpaired) electrons. The van der Waals surface area contributed by atoms with Gasteiger partial charge in [0, 0.05) is 24.4 Å². The zero-order valence-electron chi connectivity index (χ0n) is 29.8. The summed E-state index contributed by atoms with van der Waals surface area (Å²) in [6.07, 6.45) is 4.98. The van der Waals surface area contributed by atoms with Gasteiger partial charge in [-0.05, 0) is 80.2 Å². The number of rotatable bonds is 10. The van der Waals surface area contributed by atoms with Crippen molar-refractivity contribution in [1.82, 2.24) is 15.6 Å². The normalized spacial score (nSPS) is 29.1. The van der Waals surface area contributed by atoms with E-state index in [2.05, 4.69) is 55.4 Å². The summed E-state index contributed by atoms with van der Waals surface area (Å²) in [5.74, 6) is 0.377. The topological polar surface area (TPSA) is 111 Å². The van der Waals surface area contributed by atoms with Gasteiger partial charge in [0.1, 0.15) is 5.69 Å². The Kier molecular flexibility index (Phi) is 8.42. The van der Waals surface area contributed by atoms with Gasteiger partial charge in [0.25, 0.3) is 11.8 Å². The predicted octanol–water partition coefficient (Wildman–Crippen LogP) is 6.30. The van der Waals surface area contributed by atoms with E-state index in [0.717, 1.165) is 29.2 Å². The summed E-state index contributed by atoms with van der Waals surface area (Å²) in [4.78, 5) is 38.9. The highest BCUT2D eigenvalue weighted by Gasteiger charge is 2.68. The molecule has 10 heteroatoms. The molecular weight excluding hydrogens is 615 g/mol. The van der Waals surface area contributed by atoms with Gasteiger partial charge in [0.05, 0.1) is 28.9 Å². The van der Waals surface area contributed by atoms with E-state index in [1.54, 1.807) is 6.20 Å². The van der Waals surface area contributed by atoms with Crippen molar-refractivity contribution in [1.29, 1.82) is 0 Å². The molecule has 1 unspecified atom stereocenters.